The number of aliphatic hydroxyl groups excluding tert-OH is 1. The van der Waals surface area contributed by atoms with Crippen LogP contribution in [0.5, 0.6) is 0 Å². The normalized spacial score (nSPS) is 17.4. The van der Waals surface area contributed by atoms with Gasteiger partial charge in [0, 0.05) is 11.9 Å². The van der Waals surface area contributed by atoms with E-state index in [0.717, 1.165) is 42.2 Å². The van der Waals surface area contributed by atoms with Crippen LogP contribution in [0.25, 0.3) is 11.4 Å². The minimum Gasteiger partial charge on any atom is -0.395 e. The van der Waals surface area contributed by atoms with E-state index >= 15 is 0 Å². The highest BCUT2D eigenvalue weighted by molar-refractivity contribution is 5.54. The van der Waals surface area contributed by atoms with Crippen LogP contribution in [0.3, 0.4) is 0 Å². The van der Waals surface area contributed by atoms with Gasteiger partial charge in [0.2, 0.25) is 0 Å². The molecule has 4 heteroatoms. The maximum Gasteiger partial charge on any atom is 0.137 e. The first kappa shape index (κ1) is 11.4. The van der Waals surface area contributed by atoms with Gasteiger partial charge in [0.25, 0.3) is 0 Å². The summed E-state index contributed by atoms with van der Waals surface area (Å²) in [4.78, 5) is 12.3. The first-order chi connectivity index (χ1) is 8.73. The fraction of sp³-hybridized carbons (Fsp3) is 0.429. The van der Waals surface area contributed by atoms with Crippen LogP contribution in [-0.4, -0.2) is 26.7 Å². The lowest BCUT2D eigenvalue weighted by Crippen LogP contribution is -2.40. The Hall–Kier alpha value is -1.68. The topological polar surface area (TPSA) is 61.8 Å². The van der Waals surface area contributed by atoms with Crippen LogP contribution < -0.4 is 0 Å². The molecule has 0 unspecified atom stereocenters. The summed E-state index contributed by atoms with van der Waals surface area (Å²) in [6.07, 6.45) is 5.00. The molecule has 4 nitrogen and oxygen atoms in total. The highest BCUT2D eigenvalue weighted by atomic mass is 16.3. The summed E-state index contributed by atoms with van der Waals surface area (Å²) in [6.45, 7) is 2.11. The summed E-state index contributed by atoms with van der Waals surface area (Å²) in [5.41, 5.74) is 2.65. The van der Waals surface area contributed by atoms with Crippen molar-refractivity contribution in [1.82, 2.24) is 15.0 Å². The number of aromatic amines is 1. The smallest absolute Gasteiger partial charge is 0.137 e. The Morgan fingerprint density at radius 3 is 2.78 bits per heavy atom. The molecular formula is C14H17N3O. The van der Waals surface area contributed by atoms with Gasteiger partial charge in [0.05, 0.1) is 23.4 Å². The molecule has 0 atom stereocenters. The van der Waals surface area contributed by atoms with Gasteiger partial charge >= 0.3 is 0 Å². The van der Waals surface area contributed by atoms with Crippen molar-refractivity contribution >= 4 is 0 Å². The van der Waals surface area contributed by atoms with Crippen LogP contribution in [0.1, 0.15) is 30.8 Å². The molecule has 2 aromatic heterocycles. The van der Waals surface area contributed by atoms with Gasteiger partial charge in [-0.1, -0.05) is 6.42 Å². The number of hydrogen-bond acceptors (Lipinski definition) is 3. The minimum absolute atomic E-state index is 0.140. The molecule has 1 fully saturated rings. The highest BCUT2D eigenvalue weighted by Crippen LogP contribution is 2.42. The van der Waals surface area contributed by atoms with Gasteiger partial charge in [-0.25, -0.2) is 9.97 Å². The van der Waals surface area contributed by atoms with E-state index in [1.807, 2.05) is 31.3 Å². The molecule has 0 amide bonds. The fourth-order valence-corrected chi connectivity index (χ4v) is 2.49. The maximum absolute atomic E-state index is 9.61. The Balaban J connectivity index is 2.06. The Morgan fingerprint density at radius 2 is 2.22 bits per heavy atom. The Labute approximate surface area is 106 Å². The number of aryl methyl sites for hydroxylation is 1. The third-order valence-electron chi connectivity index (χ3n) is 3.82. The van der Waals surface area contributed by atoms with Crippen molar-refractivity contribution in [2.45, 2.75) is 31.6 Å². The second kappa shape index (κ2) is 4.21. The zero-order chi connectivity index (χ0) is 12.6. The van der Waals surface area contributed by atoms with Crippen molar-refractivity contribution in [2.24, 2.45) is 0 Å². The van der Waals surface area contributed by atoms with E-state index in [-0.39, 0.29) is 12.0 Å². The van der Waals surface area contributed by atoms with E-state index in [0.29, 0.717) is 0 Å². The minimum atomic E-state index is -0.201. The first-order valence-electron chi connectivity index (χ1n) is 6.34. The maximum atomic E-state index is 9.61. The van der Waals surface area contributed by atoms with E-state index in [1.165, 1.54) is 0 Å². The molecular weight excluding hydrogens is 226 g/mol. The number of rotatable bonds is 3. The summed E-state index contributed by atoms with van der Waals surface area (Å²) >= 11 is 0. The van der Waals surface area contributed by atoms with Gasteiger partial charge in [-0.05, 0) is 38.0 Å². The number of nitrogens with zero attached hydrogens (tertiary/aromatic N) is 2. The Morgan fingerprint density at radius 1 is 1.39 bits per heavy atom. The molecule has 2 aromatic rings. The molecule has 1 saturated carbocycles. The van der Waals surface area contributed by atoms with Crippen LogP contribution in [0.2, 0.25) is 0 Å². The van der Waals surface area contributed by atoms with Crippen LogP contribution in [0.15, 0.2) is 24.4 Å². The number of H-pyrrole nitrogens is 1. The lowest BCUT2D eigenvalue weighted by molar-refractivity contribution is 0.112. The van der Waals surface area contributed by atoms with Crippen molar-refractivity contribution in [1.29, 1.82) is 0 Å². The second-order valence-corrected chi connectivity index (χ2v) is 5.09. The number of aromatic nitrogens is 3. The fourth-order valence-electron chi connectivity index (χ4n) is 2.49. The molecule has 2 N–H and O–H groups in total. The summed E-state index contributed by atoms with van der Waals surface area (Å²) in [6, 6.07) is 5.93. The van der Waals surface area contributed by atoms with Gasteiger partial charge in [0.15, 0.2) is 0 Å². The monoisotopic (exact) mass is 243 g/mol. The average molecular weight is 243 g/mol. The molecule has 18 heavy (non-hydrogen) atoms. The Kier molecular flexibility index (Phi) is 2.67. The summed E-state index contributed by atoms with van der Waals surface area (Å²) in [5.74, 6) is 0.792. The van der Waals surface area contributed by atoms with Crippen LogP contribution >= 0.6 is 0 Å². The van der Waals surface area contributed by atoms with Crippen molar-refractivity contribution in [2.75, 3.05) is 6.61 Å². The molecule has 0 radical (unpaired) electrons. The quantitative estimate of drug-likeness (QED) is 0.868. The van der Waals surface area contributed by atoms with E-state index in [9.17, 15) is 5.11 Å². The van der Waals surface area contributed by atoms with Crippen molar-refractivity contribution < 1.29 is 5.11 Å². The number of nitrogens with one attached hydrogen (secondary N) is 1. The molecule has 2 heterocycles. The van der Waals surface area contributed by atoms with E-state index in [1.54, 1.807) is 0 Å². The second-order valence-electron chi connectivity index (χ2n) is 5.09. The molecule has 0 saturated heterocycles. The summed E-state index contributed by atoms with van der Waals surface area (Å²) in [7, 11) is 0. The van der Waals surface area contributed by atoms with Crippen LogP contribution in [0.4, 0.5) is 0 Å². The average Bonchev–Trinajstić information content (AvgIpc) is 2.81. The predicted molar refractivity (Wildman–Crippen MR) is 69.2 cm³/mol. The molecule has 1 aliphatic carbocycles. The van der Waals surface area contributed by atoms with Crippen LogP contribution in [-0.2, 0) is 5.41 Å². The van der Waals surface area contributed by atoms with E-state index in [2.05, 4.69) is 15.0 Å². The molecule has 0 aliphatic heterocycles. The van der Waals surface area contributed by atoms with E-state index in [4.69, 9.17) is 0 Å². The lowest BCUT2D eigenvalue weighted by atomic mass is 9.68. The molecule has 0 bridgehead atoms. The zero-order valence-corrected chi connectivity index (χ0v) is 10.5. The lowest BCUT2D eigenvalue weighted by Gasteiger charge is -2.38. The predicted octanol–water partition coefficient (Wildman–Crippen LogP) is 2.19. The van der Waals surface area contributed by atoms with Crippen LogP contribution in [0, 0.1) is 6.92 Å². The zero-order valence-electron chi connectivity index (χ0n) is 10.5. The largest absolute Gasteiger partial charge is 0.395 e. The number of aliphatic hydroxyl groups is 1. The molecule has 0 aromatic carbocycles. The molecule has 1 aliphatic rings. The van der Waals surface area contributed by atoms with Gasteiger partial charge in [0.1, 0.15) is 5.82 Å². The standard InChI is InChI=1S/C14H17N3O/c1-10-8-12(11-4-2-7-15-11)17-13(16-10)14(9-18)5-3-6-14/h2,4,7-8,15,18H,3,5-6,9H2,1H3. The highest BCUT2D eigenvalue weighted by Gasteiger charge is 2.41. The third kappa shape index (κ3) is 1.73. The van der Waals surface area contributed by atoms with Crippen molar-refractivity contribution in [3.8, 4) is 11.4 Å². The van der Waals surface area contributed by atoms with Gasteiger partial charge < -0.3 is 10.1 Å². The molecule has 94 valence electrons. The molecule has 0 spiro atoms. The SMILES string of the molecule is Cc1cc(-c2ccc[nH]2)nc(C2(CO)CCC2)n1. The third-order valence-corrected chi connectivity index (χ3v) is 3.82. The van der Waals surface area contributed by atoms with Crippen molar-refractivity contribution in [3.05, 3.63) is 35.9 Å². The van der Waals surface area contributed by atoms with Gasteiger partial charge in [-0.2, -0.15) is 0 Å². The van der Waals surface area contributed by atoms with E-state index < -0.39 is 0 Å². The van der Waals surface area contributed by atoms with Gasteiger partial charge in [-0.15, -0.1) is 0 Å². The van der Waals surface area contributed by atoms with Crippen molar-refractivity contribution in [3.63, 3.8) is 0 Å². The Bertz CT molecular complexity index is 539. The number of hydrogen-bond donors (Lipinski definition) is 2. The summed E-state index contributed by atoms with van der Waals surface area (Å²) in [5, 5.41) is 9.61. The first-order valence-corrected chi connectivity index (χ1v) is 6.34. The summed E-state index contributed by atoms with van der Waals surface area (Å²) < 4.78 is 0. The molecule has 3 rings (SSSR count). The van der Waals surface area contributed by atoms with Gasteiger partial charge in [-0.3, -0.25) is 0 Å².